The first-order valence-electron chi connectivity index (χ1n) is 10.2. The van der Waals surface area contributed by atoms with Crippen molar-refractivity contribution in [3.8, 4) is 17.6 Å². The van der Waals surface area contributed by atoms with Crippen LogP contribution in [-0.2, 0) is 14.8 Å². The minimum atomic E-state index is -3.95. The van der Waals surface area contributed by atoms with Gasteiger partial charge >= 0.3 is 0 Å². The summed E-state index contributed by atoms with van der Waals surface area (Å²) in [6.45, 7) is 8.15. The first-order chi connectivity index (χ1) is 14.3. The molecule has 1 aliphatic rings. The summed E-state index contributed by atoms with van der Waals surface area (Å²) in [6.07, 6.45) is -0.478. The number of amides is 1. The van der Waals surface area contributed by atoms with Crippen LogP contribution in [0.25, 0.3) is 0 Å². The number of hydrogen-bond donors (Lipinski definition) is 2. The van der Waals surface area contributed by atoms with Gasteiger partial charge in [-0.2, -0.15) is 4.31 Å². The molecule has 8 nitrogen and oxygen atoms in total. The van der Waals surface area contributed by atoms with Gasteiger partial charge in [-0.05, 0) is 39.0 Å². The lowest BCUT2D eigenvalue weighted by molar-refractivity contribution is -0.129. The van der Waals surface area contributed by atoms with E-state index in [4.69, 9.17) is 4.74 Å². The van der Waals surface area contributed by atoms with Crippen LogP contribution in [0.5, 0.6) is 5.75 Å². The molecule has 0 saturated heterocycles. The average molecular weight is 453 g/mol. The first kappa shape index (κ1) is 25.1. The Kier molecular flexibility index (Phi) is 7.76. The molecule has 0 bridgehead atoms. The molecule has 1 aromatic carbocycles. The molecule has 0 unspecified atom stereocenters. The van der Waals surface area contributed by atoms with E-state index in [0.717, 1.165) is 0 Å². The molecule has 0 aromatic heterocycles. The van der Waals surface area contributed by atoms with E-state index in [1.807, 2.05) is 6.92 Å². The number of fused-ring (bicyclic) bond motifs is 1. The van der Waals surface area contributed by atoms with E-state index in [2.05, 4.69) is 11.8 Å². The second kappa shape index (κ2) is 9.57. The van der Waals surface area contributed by atoms with Gasteiger partial charge in [0.05, 0.1) is 13.2 Å². The van der Waals surface area contributed by atoms with Gasteiger partial charge in [0.15, 0.2) is 0 Å². The summed E-state index contributed by atoms with van der Waals surface area (Å²) < 4.78 is 34.2. The van der Waals surface area contributed by atoms with Crippen molar-refractivity contribution in [3.63, 3.8) is 0 Å². The minimum Gasteiger partial charge on any atom is -0.487 e. The van der Waals surface area contributed by atoms with Crippen LogP contribution in [0.15, 0.2) is 23.1 Å². The number of nitrogens with zero attached hydrogens (tertiary/aromatic N) is 2. The Balaban J connectivity index is 2.62. The summed E-state index contributed by atoms with van der Waals surface area (Å²) in [6, 6.07) is 3.89. The zero-order valence-electron chi connectivity index (χ0n) is 18.9. The summed E-state index contributed by atoms with van der Waals surface area (Å²) in [5, 5.41) is 19.5. The van der Waals surface area contributed by atoms with E-state index in [0.29, 0.717) is 5.56 Å². The molecule has 1 amide bonds. The lowest BCUT2D eigenvalue weighted by Crippen LogP contribution is -2.50. The molecule has 0 fully saturated rings. The van der Waals surface area contributed by atoms with Crippen LogP contribution < -0.4 is 4.74 Å². The van der Waals surface area contributed by atoms with Crippen LogP contribution in [0.2, 0.25) is 0 Å². The van der Waals surface area contributed by atoms with Gasteiger partial charge in [0.1, 0.15) is 22.4 Å². The van der Waals surface area contributed by atoms with Gasteiger partial charge in [-0.1, -0.05) is 18.8 Å². The quantitative estimate of drug-likeness (QED) is 0.662. The average Bonchev–Trinajstić information content (AvgIpc) is 2.67. The fourth-order valence-electron chi connectivity index (χ4n) is 3.14. The summed E-state index contributed by atoms with van der Waals surface area (Å²) in [5.74, 6) is 5.28. The minimum absolute atomic E-state index is 0.0241. The maximum atomic E-state index is 13.4. The monoisotopic (exact) mass is 452 g/mol. The maximum absolute atomic E-state index is 13.4. The third-order valence-corrected chi connectivity index (χ3v) is 7.19. The molecule has 0 radical (unpaired) electrons. The van der Waals surface area contributed by atoms with Crippen molar-refractivity contribution in [2.24, 2.45) is 5.92 Å². The third kappa shape index (κ3) is 6.20. The summed E-state index contributed by atoms with van der Waals surface area (Å²) >= 11 is 0. The number of aliphatic hydroxyl groups excluding tert-OH is 1. The number of hydrogen-bond acceptors (Lipinski definition) is 6. The number of carbonyl (C=O) groups excluding carboxylic acids is 1. The van der Waals surface area contributed by atoms with Gasteiger partial charge < -0.3 is 19.8 Å². The highest BCUT2D eigenvalue weighted by Crippen LogP contribution is 2.34. The standard InChI is InChI=1S/C22H32N2O6S/c1-15-12-24(16(2)14-25)31(28,29)21-8-7-18(9-10-22(4,5)27)11-19(21)30-20(15)13-23(6)17(3)26/h7-8,11,15-16,20,25,27H,12-14H2,1-6H3/t15-,16-,20-/m0/s1. The van der Waals surface area contributed by atoms with Gasteiger partial charge in [-0.3, -0.25) is 4.79 Å². The predicted molar refractivity (Wildman–Crippen MR) is 117 cm³/mol. The molecule has 1 aliphatic heterocycles. The van der Waals surface area contributed by atoms with Gasteiger partial charge in [0, 0.05) is 38.0 Å². The number of sulfonamides is 1. The van der Waals surface area contributed by atoms with Crippen LogP contribution in [0.1, 0.15) is 40.2 Å². The maximum Gasteiger partial charge on any atom is 0.247 e. The van der Waals surface area contributed by atoms with Crippen molar-refractivity contribution in [1.29, 1.82) is 0 Å². The lowest BCUT2D eigenvalue weighted by Gasteiger charge is -2.37. The molecule has 3 atom stereocenters. The molecule has 9 heteroatoms. The molecule has 2 N–H and O–H groups in total. The normalized spacial score (nSPS) is 22.1. The summed E-state index contributed by atoms with van der Waals surface area (Å²) in [7, 11) is -2.28. The molecule has 0 spiro atoms. The highest BCUT2D eigenvalue weighted by atomic mass is 32.2. The zero-order chi connectivity index (χ0) is 23.6. The Morgan fingerprint density at radius 2 is 2.06 bits per heavy atom. The molecular formula is C22H32N2O6S. The van der Waals surface area contributed by atoms with E-state index in [1.165, 1.54) is 28.3 Å². The second-order valence-corrected chi connectivity index (χ2v) is 10.5. The molecule has 0 saturated carbocycles. The van der Waals surface area contributed by atoms with Crippen molar-refractivity contribution < 1.29 is 28.2 Å². The molecule has 1 aromatic rings. The fourth-order valence-corrected chi connectivity index (χ4v) is 4.97. The number of aliphatic hydroxyl groups is 2. The predicted octanol–water partition coefficient (Wildman–Crippen LogP) is 1.06. The van der Waals surface area contributed by atoms with E-state index in [9.17, 15) is 23.4 Å². The molecule has 1 heterocycles. The van der Waals surface area contributed by atoms with Crippen molar-refractivity contribution in [2.75, 3.05) is 26.7 Å². The fraction of sp³-hybridized carbons (Fsp3) is 0.591. The Morgan fingerprint density at radius 1 is 1.42 bits per heavy atom. The molecule has 172 valence electrons. The molecule has 31 heavy (non-hydrogen) atoms. The van der Waals surface area contributed by atoms with Gasteiger partial charge in [0.25, 0.3) is 0 Å². The SMILES string of the molecule is CC(=O)N(C)C[C@@H]1Oc2cc(C#CC(C)(C)O)ccc2S(=O)(=O)N([C@@H](C)CO)C[C@@H]1C. The summed E-state index contributed by atoms with van der Waals surface area (Å²) in [4.78, 5) is 13.3. The second-order valence-electron chi connectivity index (χ2n) is 8.61. The largest absolute Gasteiger partial charge is 0.487 e. The number of carbonyl (C=O) groups is 1. The van der Waals surface area contributed by atoms with Crippen LogP contribution in [-0.4, -0.2) is 78.2 Å². The third-order valence-electron chi connectivity index (χ3n) is 5.17. The van der Waals surface area contributed by atoms with Crippen molar-refractivity contribution in [2.45, 2.75) is 57.3 Å². The number of ether oxygens (including phenoxy) is 1. The number of rotatable bonds is 4. The van der Waals surface area contributed by atoms with Crippen LogP contribution in [0, 0.1) is 17.8 Å². The zero-order valence-corrected chi connectivity index (χ0v) is 19.7. The van der Waals surface area contributed by atoms with E-state index in [1.54, 1.807) is 33.9 Å². The molecule has 2 rings (SSSR count). The smallest absolute Gasteiger partial charge is 0.247 e. The van der Waals surface area contributed by atoms with E-state index in [-0.39, 0.29) is 42.2 Å². The van der Waals surface area contributed by atoms with Crippen LogP contribution >= 0.6 is 0 Å². The Hall–Kier alpha value is -2.12. The van der Waals surface area contributed by atoms with Gasteiger partial charge in [0.2, 0.25) is 15.9 Å². The molecule has 0 aliphatic carbocycles. The van der Waals surface area contributed by atoms with Gasteiger partial charge in [-0.15, -0.1) is 0 Å². The van der Waals surface area contributed by atoms with Crippen LogP contribution in [0.3, 0.4) is 0 Å². The highest BCUT2D eigenvalue weighted by molar-refractivity contribution is 7.89. The van der Waals surface area contributed by atoms with Crippen molar-refractivity contribution in [1.82, 2.24) is 9.21 Å². The molecular weight excluding hydrogens is 420 g/mol. The topological polar surface area (TPSA) is 107 Å². The number of likely N-dealkylation sites (N-methyl/N-ethyl adjacent to an activating group) is 1. The van der Waals surface area contributed by atoms with E-state index < -0.39 is 27.8 Å². The van der Waals surface area contributed by atoms with Crippen molar-refractivity contribution in [3.05, 3.63) is 23.8 Å². The van der Waals surface area contributed by atoms with Crippen molar-refractivity contribution >= 4 is 15.9 Å². The Morgan fingerprint density at radius 3 is 2.61 bits per heavy atom. The Bertz CT molecular complexity index is 974. The Labute approximate surface area is 184 Å². The lowest BCUT2D eigenvalue weighted by atomic mass is 10.0. The number of benzene rings is 1. The van der Waals surface area contributed by atoms with Gasteiger partial charge in [-0.25, -0.2) is 8.42 Å². The first-order valence-corrected chi connectivity index (χ1v) is 11.6. The summed E-state index contributed by atoms with van der Waals surface area (Å²) in [5.41, 5.74) is -0.712. The van der Waals surface area contributed by atoms with Crippen LogP contribution in [0.4, 0.5) is 0 Å². The van der Waals surface area contributed by atoms with E-state index >= 15 is 0 Å². The highest BCUT2D eigenvalue weighted by Gasteiger charge is 2.38.